The van der Waals surface area contributed by atoms with Crippen molar-refractivity contribution in [3.63, 3.8) is 0 Å². The van der Waals surface area contributed by atoms with Crippen LogP contribution in [0.5, 0.6) is 0 Å². The highest BCUT2D eigenvalue weighted by Crippen LogP contribution is 2.47. The Hall–Kier alpha value is -0.900. The van der Waals surface area contributed by atoms with Crippen LogP contribution in [0.1, 0.15) is 27.2 Å². The van der Waals surface area contributed by atoms with Gasteiger partial charge in [-0.05, 0) is 18.9 Å². The summed E-state index contributed by atoms with van der Waals surface area (Å²) in [7, 11) is 0. The Morgan fingerprint density at radius 3 is 2.31 bits per heavy atom. The maximum atomic E-state index is 11.7. The van der Waals surface area contributed by atoms with Crippen LogP contribution in [0.4, 0.5) is 0 Å². The number of piperidine rings is 1. The highest BCUT2D eigenvalue weighted by molar-refractivity contribution is 6.08. The van der Waals surface area contributed by atoms with Crippen LogP contribution >= 0.6 is 0 Å². The lowest BCUT2D eigenvalue weighted by atomic mass is 10.1. The summed E-state index contributed by atoms with van der Waals surface area (Å²) in [5.41, 5.74) is 0. The maximum absolute atomic E-state index is 11.7. The predicted molar refractivity (Wildman–Crippen MR) is 60.6 cm³/mol. The first-order chi connectivity index (χ1) is 7.50. The summed E-state index contributed by atoms with van der Waals surface area (Å²) in [5.74, 6) is 0.529. The smallest absolute Gasteiger partial charge is 0.233 e. The first-order valence-corrected chi connectivity index (χ1v) is 6.09. The summed E-state index contributed by atoms with van der Waals surface area (Å²) in [4.78, 5) is 24.9. The second kappa shape index (κ2) is 4.17. The summed E-state index contributed by atoms with van der Waals surface area (Å²) in [6.07, 6.45) is 0.798. The summed E-state index contributed by atoms with van der Waals surface area (Å²) in [6.45, 7) is 7.68. The summed E-state index contributed by atoms with van der Waals surface area (Å²) in [5, 5.41) is 3.32. The van der Waals surface area contributed by atoms with Crippen LogP contribution in [0.15, 0.2) is 0 Å². The van der Waals surface area contributed by atoms with Crippen molar-refractivity contribution in [3.05, 3.63) is 0 Å². The molecule has 0 spiro atoms. The van der Waals surface area contributed by atoms with Gasteiger partial charge in [0.15, 0.2) is 0 Å². The molecule has 1 N–H and O–H groups in total. The molecule has 1 saturated carbocycles. The van der Waals surface area contributed by atoms with E-state index in [2.05, 4.69) is 26.1 Å². The Kier molecular flexibility index (Phi) is 3.02. The number of hydrogen-bond donors (Lipinski definition) is 1. The van der Waals surface area contributed by atoms with E-state index in [9.17, 15) is 9.59 Å². The molecular weight excluding hydrogens is 204 g/mol. The maximum Gasteiger partial charge on any atom is 0.233 e. The number of rotatable bonds is 5. The van der Waals surface area contributed by atoms with Crippen LogP contribution in [0.3, 0.4) is 0 Å². The van der Waals surface area contributed by atoms with Gasteiger partial charge in [0.25, 0.3) is 0 Å². The average Bonchev–Trinajstić information content (AvgIpc) is 2.96. The van der Waals surface area contributed by atoms with Gasteiger partial charge in [-0.2, -0.15) is 0 Å². The number of amides is 2. The molecule has 3 unspecified atom stereocenters. The number of carbonyl (C=O) groups is 2. The zero-order chi connectivity index (χ0) is 11.9. The number of hydrogen-bond acceptors (Lipinski definition) is 3. The minimum atomic E-state index is 0.0396. The fourth-order valence-electron chi connectivity index (χ4n) is 2.24. The second-order valence-electron chi connectivity index (χ2n) is 5.40. The molecule has 4 heteroatoms. The SMILES string of the molecule is CC(CNC(C)C)CN1C(=O)C2CC2C1=O. The molecule has 0 aromatic heterocycles. The van der Waals surface area contributed by atoms with Gasteiger partial charge in [-0.25, -0.2) is 0 Å². The van der Waals surface area contributed by atoms with Crippen molar-refractivity contribution in [2.75, 3.05) is 13.1 Å². The van der Waals surface area contributed by atoms with E-state index < -0.39 is 0 Å². The molecule has 1 saturated heterocycles. The van der Waals surface area contributed by atoms with Crippen LogP contribution in [-0.4, -0.2) is 35.8 Å². The Morgan fingerprint density at radius 1 is 1.25 bits per heavy atom. The van der Waals surface area contributed by atoms with Gasteiger partial charge in [-0.15, -0.1) is 0 Å². The molecule has 0 radical (unpaired) electrons. The zero-order valence-corrected chi connectivity index (χ0v) is 10.2. The molecule has 0 bridgehead atoms. The van der Waals surface area contributed by atoms with E-state index in [4.69, 9.17) is 0 Å². The summed E-state index contributed by atoms with van der Waals surface area (Å²) >= 11 is 0. The molecule has 1 aliphatic carbocycles. The summed E-state index contributed by atoms with van der Waals surface area (Å²) in [6, 6.07) is 0.445. The zero-order valence-electron chi connectivity index (χ0n) is 10.2. The standard InChI is InChI=1S/C12H20N2O2/c1-7(2)13-5-8(3)6-14-11(15)9-4-10(9)12(14)16/h7-10,13H,4-6H2,1-3H3. The molecule has 2 aliphatic rings. The molecular formula is C12H20N2O2. The molecule has 2 fully saturated rings. The van der Waals surface area contributed by atoms with Crippen molar-refractivity contribution in [1.82, 2.24) is 10.2 Å². The normalized spacial score (nSPS) is 29.9. The van der Waals surface area contributed by atoms with Crippen LogP contribution in [0, 0.1) is 17.8 Å². The third kappa shape index (κ3) is 2.12. The molecule has 16 heavy (non-hydrogen) atoms. The Labute approximate surface area is 96.4 Å². The molecule has 3 atom stereocenters. The Bertz CT molecular complexity index is 294. The van der Waals surface area contributed by atoms with E-state index in [0.717, 1.165) is 13.0 Å². The molecule has 1 heterocycles. The van der Waals surface area contributed by atoms with Crippen LogP contribution in [-0.2, 0) is 9.59 Å². The number of carbonyl (C=O) groups excluding carboxylic acids is 2. The molecule has 0 aromatic rings. The number of likely N-dealkylation sites (tertiary alicyclic amines) is 1. The monoisotopic (exact) mass is 224 g/mol. The van der Waals surface area contributed by atoms with Crippen LogP contribution in [0.2, 0.25) is 0 Å². The molecule has 0 aromatic carbocycles. The minimum absolute atomic E-state index is 0.0396. The highest BCUT2D eigenvalue weighted by atomic mass is 16.2. The number of fused-ring (bicyclic) bond motifs is 1. The van der Waals surface area contributed by atoms with Gasteiger partial charge in [-0.1, -0.05) is 20.8 Å². The van der Waals surface area contributed by atoms with Crippen molar-refractivity contribution in [2.24, 2.45) is 17.8 Å². The van der Waals surface area contributed by atoms with Crippen molar-refractivity contribution >= 4 is 11.8 Å². The Morgan fingerprint density at radius 2 is 1.81 bits per heavy atom. The third-order valence-electron chi connectivity index (χ3n) is 3.33. The molecule has 4 nitrogen and oxygen atoms in total. The fraction of sp³-hybridized carbons (Fsp3) is 0.833. The van der Waals surface area contributed by atoms with Gasteiger partial charge in [0.1, 0.15) is 0 Å². The molecule has 2 amide bonds. The van der Waals surface area contributed by atoms with E-state index in [1.165, 1.54) is 4.90 Å². The number of imide groups is 1. The lowest BCUT2D eigenvalue weighted by Crippen LogP contribution is -2.40. The van der Waals surface area contributed by atoms with Crippen molar-refractivity contribution in [1.29, 1.82) is 0 Å². The van der Waals surface area contributed by atoms with Crippen molar-refractivity contribution in [2.45, 2.75) is 33.2 Å². The van der Waals surface area contributed by atoms with Crippen molar-refractivity contribution < 1.29 is 9.59 Å². The lowest BCUT2D eigenvalue weighted by molar-refractivity contribution is -0.141. The largest absolute Gasteiger partial charge is 0.314 e. The van der Waals surface area contributed by atoms with Gasteiger partial charge in [0.2, 0.25) is 11.8 Å². The van der Waals surface area contributed by atoms with Gasteiger partial charge >= 0.3 is 0 Å². The van der Waals surface area contributed by atoms with E-state index in [1.807, 2.05) is 0 Å². The number of nitrogens with zero attached hydrogens (tertiary/aromatic N) is 1. The van der Waals surface area contributed by atoms with E-state index in [-0.39, 0.29) is 23.7 Å². The second-order valence-corrected chi connectivity index (χ2v) is 5.40. The molecule has 1 aliphatic heterocycles. The fourth-order valence-corrected chi connectivity index (χ4v) is 2.24. The predicted octanol–water partition coefficient (Wildman–Crippen LogP) is 0.625. The van der Waals surface area contributed by atoms with Crippen LogP contribution < -0.4 is 5.32 Å². The van der Waals surface area contributed by atoms with Gasteiger partial charge in [0.05, 0.1) is 11.8 Å². The first-order valence-electron chi connectivity index (χ1n) is 6.09. The average molecular weight is 224 g/mol. The topological polar surface area (TPSA) is 49.4 Å². The first kappa shape index (κ1) is 11.6. The van der Waals surface area contributed by atoms with Gasteiger partial charge in [-0.3, -0.25) is 14.5 Å². The summed E-state index contributed by atoms with van der Waals surface area (Å²) < 4.78 is 0. The van der Waals surface area contributed by atoms with E-state index in [0.29, 0.717) is 18.5 Å². The van der Waals surface area contributed by atoms with Crippen LogP contribution in [0.25, 0.3) is 0 Å². The third-order valence-corrected chi connectivity index (χ3v) is 3.33. The lowest BCUT2D eigenvalue weighted by Gasteiger charge is -2.22. The molecule has 90 valence electrons. The van der Waals surface area contributed by atoms with Gasteiger partial charge in [0, 0.05) is 12.6 Å². The van der Waals surface area contributed by atoms with Gasteiger partial charge < -0.3 is 5.32 Å². The quantitative estimate of drug-likeness (QED) is 0.697. The van der Waals surface area contributed by atoms with E-state index >= 15 is 0 Å². The minimum Gasteiger partial charge on any atom is -0.314 e. The highest BCUT2D eigenvalue weighted by Gasteiger charge is 2.58. The molecule has 2 rings (SSSR count). The van der Waals surface area contributed by atoms with Crippen molar-refractivity contribution in [3.8, 4) is 0 Å². The number of nitrogens with one attached hydrogen (secondary N) is 1. The Balaban J connectivity index is 1.81. The van der Waals surface area contributed by atoms with E-state index in [1.54, 1.807) is 0 Å².